The number of carbonyl (C=O) groups is 5. The monoisotopic (exact) mass is 513 g/mol. The summed E-state index contributed by atoms with van der Waals surface area (Å²) in [4.78, 5) is 59.9. The van der Waals surface area contributed by atoms with Crippen molar-refractivity contribution in [1.29, 1.82) is 0 Å². The number of hydrogen-bond donors (Lipinski definition) is 0. The summed E-state index contributed by atoms with van der Waals surface area (Å²) in [5.41, 5.74) is -0.152. The fourth-order valence-corrected chi connectivity index (χ4v) is 5.50. The van der Waals surface area contributed by atoms with E-state index < -0.39 is 77.1 Å². The van der Waals surface area contributed by atoms with Gasteiger partial charge in [0.15, 0.2) is 24.5 Å². The van der Waals surface area contributed by atoms with Gasteiger partial charge in [0.05, 0.1) is 5.56 Å². The quantitative estimate of drug-likeness (QED) is 0.367. The lowest BCUT2D eigenvalue weighted by Crippen LogP contribution is -2.66. The molecule has 0 aromatic heterocycles. The Morgan fingerprint density at radius 3 is 1.94 bits per heavy atom. The summed E-state index contributed by atoms with van der Waals surface area (Å²) in [7, 11) is -4.50. The van der Waals surface area contributed by atoms with Crippen LogP contribution in [0, 0.1) is 0 Å². The minimum atomic E-state index is -4.50. The maximum Gasteiger partial charge on any atom is 0.303 e. The summed E-state index contributed by atoms with van der Waals surface area (Å²) in [6.07, 6.45) is -8.11. The smallest absolute Gasteiger partial charge is 0.303 e. The van der Waals surface area contributed by atoms with Crippen molar-refractivity contribution in [2.45, 2.75) is 63.2 Å². The summed E-state index contributed by atoms with van der Waals surface area (Å²) in [5, 5.41) is 0. The molecule has 35 heavy (non-hydrogen) atoms. The highest BCUT2D eigenvalue weighted by Gasteiger charge is 2.59. The average Bonchev–Trinajstić information content (AvgIpc) is 2.94. The lowest BCUT2D eigenvalue weighted by Gasteiger charge is -2.46. The number of benzene rings is 1. The molecule has 2 aliphatic heterocycles. The van der Waals surface area contributed by atoms with Gasteiger partial charge in [0.25, 0.3) is 15.9 Å². The molecule has 5 atom stereocenters. The topological polar surface area (TPSA) is 169 Å². The van der Waals surface area contributed by atoms with E-state index in [0.29, 0.717) is 4.31 Å². The first-order chi connectivity index (χ1) is 16.3. The number of nitrogens with zero attached hydrogens (tertiary/aromatic N) is 1. The van der Waals surface area contributed by atoms with Crippen LogP contribution in [-0.4, -0.2) is 79.8 Å². The Balaban J connectivity index is 2.15. The second-order valence-electron chi connectivity index (χ2n) is 7.69. The Kier molecular flexibility index (Phi) is 7.45. The number of ether oxygens (including phenoxy) is 5. The highest BCUT2D eigenvalue weighted by molar-refractivity contribution is 7.90. The van der Waals surface area contributed by atoms with Crippen LogP contribution in [0.3, 0.4) is 0 Å². The Bertz CT molecular complexity index is 1160. The Labute approximate surface area is 200 Å². The molecule has 0 bridgehead atoms. The van der Waals surface area contributed by atoms with Gasteiger partial charge in [-0.1, -0.05) is 12.1 Å². The average molecular weight is 513 g/mol. The normalized spacial score (nSPS) is 26.9. The zero-order valence-electron chi connectivity index (χ0n) is 19.2. The maximum atomic E-state index is 13.3. The first-order valence-corrected chi connectivity index (χ1v) is 11.8. The number of fused-ring (bicyclic) bond motifs is 1. The largest absolute Gasteiger partial charge is 0.463 e. The molecular formula is C21H23NO12S. The van der Waals surface area contributed by atoms with Crippen LogP contribution in [-0.2, 0) is 52.9 Å². The van der Waals surface area contributed by atoms with Gasteiger partial charge >= 0.3 is 23.9 Å². The molecule has 0 spiro atoms. The van der Waals surface area contributed by atoms with E-state index in [2.05, 4.69) is 0 Å². The lowest BCUT2D eigenvalue weighted by molar-refractivity contribution is -0.265. The van der Waals surface area contributed by atoms with Crippen molar-refractivity contribution >= 4 is 39.8 Å². The first-order valence-electron chi connectivity index (χ1n) is 10.3. The fourth-order valence-electron chi connectivity index (χ4n) is 3.85. The van der Waals surface area contributed by atoms with Crippen molar-refractivity contribution in [2.75, 3.05) is 6.61 Å². The van der Waals surface area contributed by atoms with Crippen molar-refractivity contribution in [3.8, 4) is 0 Å². The van der Waals surface area contributed by atoms with Crippen molar-refractivity contribution < 1.29 is 56.1 Å². The highest BCUT2D eigenvalue weighted by atomic mass is 32.2. The minimum absolute atomic E-state index is 0.152. The molecule has 0 radical (unpaired) electrons. The molecule has 2 heterocycles. The van der Waals surface area contributed by atoms with Crippen LogP contribution < -0.4 is 0 Å². The van der Waals surface area contributed by atoms with Gasteiger partial charge in [-0.2, -0.15) is 4.31 Å². The van der Waals surface area contributed by atoms with Gasteiger partial charge in [-0.25, -0.2) is 8.42 Å². The number of esters is 4. The molecule has 0 N–H and O–H groups in total. The third kappa shape index (κ3) is 5.27. The van der Waals surface area contributed by atoms with E-state index in [1.807, 2.05) is 0 Å². The van der Waals surface area contributed by atoms with Crippen LogP contribution in [0.15, 0.2) is 29.2 Å². The van der Waals surface area contributed by atoms with E-state index in [1.54, 1.807) is 0 Å². The van der Waals surface area contributed by atoms with Crippen LogP contribution in [0.1, 0.15) is 38.1 Å². The number of rotatable bonds is 6. The summed E-state index contributed by atoms with van der Waals surface area (Å²) in [6.45, 7) is 3.60. The van der Waals surface area contributed by atoms with Gasteiger partial charge in [-0.3, -0.25) is 24.0 Å². The van der Waals surface area contributed by atoms with Crippen LogP contribution >= 0.6 is 0 Å². The minimum Gasteiger partial charge on any atom is -0.463 e. The summed E-state index contributed by atoms with van der Waals surface area (Å²) >= 11 is 0. The van der Waals surface area contributed by atoms with E-state index in [1.165, 1.54) is 24.3 Å². The summed E-state index contributed by atoms with van der Waals surface area (Å²) in [5.74, 6) is -4.39. The molecule has 2 aliphatic rings. The van der Waals surface area contributed by atoms with Crippen molar-refractivity contribution in [3.63, 3.8) is 0 Å². The summed E-state index contributed by atoms with van der Waals surface area (Å²) < 4.78 is 53.5. The van der Waals surface area contributed by atoms with Gasteiger partial charge in [-0.05, 0) is 12.1 Å². The molecule has 190 valence electrons. The van der Waals surface area contributed by atoms with E-state index in [9.17, 15) is 32.4 Å². The zero-order valence-corrected chi connectivity index (χ0v) is 20.0. The molecule has 5 unspecified atom stereocenters. The molecule has 1 amide bonds. The van der Waals surface area contributed by atoms with Gasteiger partial charge in [0.2, 0.25) is 0 Å². The van der Waals surface area contributed by atoms with Crippen molar-refractivity contribution in [3.05, 3.63) is 29.8 Å². The lowest BCUT2D eigenvalue weighted by atomic mass is 9.97. The van der Waals surface area contributed by atoms with E-state index in [-0.39, 0.29) is 10.5 Å². The first kappa shape index (κ1) is 26.1. The van der Waals surface area contributed by atoms with E-state index in [4.69, 9.17) is 23.7 Å². The predicted octanol–water partition coefficient (Wildman–Crippen LogP) is -0.0858. The van der Waals surface area contributed by atoms with Crippen LogP contribution in [0.2, 0.25) is 0 Å². The predicted molar refractivity (Wildman–Crippen MR) is 112 cm³/mol. The molecule has 1 fully saturated rings. The Morgan fingerprint density at radius 2 is 1.40 bits per heavy atom. The zero-order chi connectivity index (χ0) is 26.1. The molecule has 0 aliphatic carbocycles. The van der Waals surface area contributed by atoms with E-state index in [0.717, 1.165) is 27.7 Å². The molecule has 1 aromatic carbocycles. The molecule has 1 saturated heterocycles. The van der Waals surface area contributed by atoms with Gasteiger partial charge in [0.1, 0.15) is 17.6 Å². The molecule has 0 saturated carbocycles. The molecule has 3 rings (SSSR count). The van der Waals surface area contributed by atoms with Gasteiger partial charge in [0, 0.05) is 27.7 Å². The molecular weight excluding hydrogens is 490 g/mol. The van der Waals surface area contributed by atoms with Crippen molar-refractivity contribution in [1.82, 2.24) is 4.31 Å². The van der Waals surface area contributed by atoms with Crippen LogP contribution in [0.25, 0.3) is 0 Å². The Morgan fingerprint density at radius 1 is 0.857 bits per heavy atom. The van der Waals surface area contributed by atoms with Crippen molar-refractivity contribution in [2.24, 2.45) is 0 Å². The fraction of sp³-hybridized carbons (Fsp3) is 0.476. The van der Waals surface area contributed by atoms with Crippen LogP contribution in [0.5, 0.6) is 0 Å². The van der Waals surface area contributed by atoms with E-state index >= 15 is 0 Å². The second-order valence-corrected chi connectivity index (χ2v) is 9.48. The van der Waals surface area contributed by atoms with Gasteiger partial charge in [-0.15, -0.1) is 0 Å². The third-order valence-corrected chi connectivity index (χ3v) is 6.86. The molecule has 1 aromatic rings. The molecule has 14 heteroatoms. The second kappa shape index (κ2) is 10.00. The number of amides is 1. The standard InChI is InChI=1S/C21H23NO12S/c1-10(23)30-9-15-17(31-11(2)24)18(32-12(3)25)19(33-13(4)26)21(34-15)22-20(27)14-7-5-6-8-16(14)35(22,28)29/h5-8,15,17-19,21H,9H2,1-4H3. The molecule has 13 nitrogen and oxygen atoms in total. The van der Waals surface area contributed by atoms with Crippen LogP contribution in [0.4, 0.5) is 0 Å². The SMILES string of the molecule is CC(=O)OCC1OC(N2C(=O)c3ccccc3S2(=O)=O)C(OC(C)=O)C(OC(C)=O)C1OC(C)=O. The number of hydrogen-bond acceptors (Lipinski definition) is 12. The van der Waals surface area contributed by atoms with Gasteiger partial charge < -0.3 is 23.7 Å². The highest BCUT2D eigenvalue weighted by Crippen LogP contribution is 2.38. The Hall–Kier alpha value is -3.52. The third-order valence-electron chi connectivity index (χ3n) is 5.05. The number of sulfonamides is 1. The maximum absolute atomic E-state index is 13.3. The summed E-state index contributed by atoms with van der Waals surface area (Å²) in [6, 6.07) is 5.39. The number of carbonyl (C=O) groups excluding carboxylic acids is 5.